The second kappa shape index (κ2) is 4.66. The van der Waals surface area contributed by atoms with E-state index in [0.29, 0.717) is 13.1 Å². The number of halogens is 1. The van der Waals surface area contributed by atoms with Crippen LogP contribution in [0.1, 0.15) is 0 Å². The zero-order valence-electron chi connectivity index (χ0n) is 8.98. The molecule has 1 heterocycles. The van der Waals surface area contributed by atoms with E-state index in [1.165, 1.54) is 12.1 Å². The van der Waals surface area contributed by atoms with E-state index < -0.39 is 15.6 Å². The van der Waals surface area contributed by atoms with Crippen LogP contribution in [-0.2, 0) is 10.0 Å². The van der Waals surface area contributed by atoms with Crippen molar-refractivity contribution in [3.8, 4) is 0 Å². The molecule has 0 aliphatic carbocycles. The molecule has 1 saturated heterocycles. The van der Waals surface area contributed by atoms with E-state index in [-0.39, 0.29) is 11.4 Å². The van der Waals surface area contributed by atoms with E-state index in [1.807, 2.05) is 0 Å². The van der Waals surface area contributed by atoms with Crippen molar-refractivity contribution < 1.29 is 13.5 Å². The highest BCUT2D eigenvalue weighted by Crippen LogP contribution is 2.15. The summed E-state index contributed by atoms with van der Waals surface area (Å²) in [5, 5.41) is 12.7. The fourth-order valence-electron chi connectivity index (χ4n) is 1.47. The van der Waals surface area contributed by atoms with Crippen molar-refractivity contribution in [1.82, 2.24) is 10.0 Å². The SMILES string of the molecule is O=S(=O)(NCC1(O)CNC1)c1ccc(Br)cc1. The molecule has 7 heteroatoms. The van der Waals surface area contributed by atoms with Crippen LogP contribution in [-0.4, -0.2) is 38.8 Å². The lowest BCUT2D eigenvalue weighted by atomic mass is 9.98. The average Bonchev–Trinajstić information content (AvgIpc) is 2.24. The summed E-state index contributed by atoms with van der Waals surface area (Å²) in [6.07, 6.45) is 0. The van der Waals surface area contributed by atoms with Gasteiger partial charge in [-0.25, -0.2) is 13.1 Å². The number of nitrogens with one attached hydrogen (secondary N) is 2. The summed E-state index contributed by atoms with van der Waals surface area (Å²) in [5.74, 6) is 0. The van der Waals surface area contributed by atoms with E-state index in [2.05, 4.69) is 26.0 Å². The molecule has 5 nitrogen and oxygen atoms in total. The normalized spacial score (nSPS) is 18.7. The van der Waals surface area contributed by atoms with Gasteiger partial charge in [-0.15, -0.1) is 0 Å². The lowest BCUT2D eigenvalue weighted by molar-refractivity contribution is -0.00396. The lowest BCUT2D eigenvalue weighted by Gasteiger charge is -2.37. The van der Waals surface area contributed by atoms with Crippen molar-refractivity contribution in [2.24, 2.45) is 0 Å². The molecule has 0 amide bonds. The van der Waals surface area contributed by atoms with E-state index in [9.17, 15) is 13.5 Å². The van der Waals surface area contributed by atoms with E-state index >= 15 is 0 Å². The molecule has 0 atom stereocenters. The van der Waals surface area contributed by atoms with Gasteiger partial charge in [0.1, 0.15) is 5.60 Å². The molecule has 0 spiro atoms. The van der Waals surface area contributed by atoms with Gasteiger partial charge in [-0.05, 0) is 24.3 Å². The second-order valence-electron chi connectivity index (χ2n) is 4.11. The highest BCUT2D eigenvalue weighted by atomic mass is 79.9. The topological polar surface area (TPSA) is 78.4 Å². The number of rotatable bonds is 4. The van der Waals surface area contributed by atoms with Gasteiger partial charge in [0.2, 0.25) is 10.0 Å². The maximum atomic E-state index is 11.9. The highest BCUT2D eigenvalue weighted by molar-refractivity contribution is 9.10. The first kappa shape index (κ1) is 13.0. The number of hydrogen-bond acceptors (Lipinski definition) is 4. The summed E-state index contributed by atoms with van der Waals surface area (Å²) in [5.41, 5.74) is -0.956. The minimum Gasteiger partial charge on any atom is -0.386 e. The summed E-state index contributed by atoms with van der Waals surface area (Å²) in [7, 11) is -3.55. The molecule has 94 valence electrons. The Morgan fingerprint density at radius 3 is 2.41 bits per heavy atom. The molecule has 3 N–H and O–H groups in total. The number of sulfonamides is 1. The number of β-amino-alcohol motifs (C(OH)–C–C–N with tert-alkyl or cyclic N) is 1. The Kier molecular flexibility index (Phi) is 3.55. The zero-order chi connectivity index (χ0) is 12.5. The fourth-order valence-corrected chi connectivity index (χ4v) is 2.85. The van der Waals surface area contributed by atoms with Gasteiger partial charge in [-0.1, -0.05) is 15.9 Å². The van der Waals surface area contributed by atoms with Crippen LogP contribution in [0.3, 0.4) is 0 Å². The largest absolute Gasteiger partial charge is 0.386 e. The van der Waals surface area contributed by atoms with Crippen LogP contribution >= 0.6 is 15.9 Å². The van der Waals surface area contributed by atoms with Crippen molar-refractivity contribution in [3.05, 3.63) is 28.7 Å². The molecule has 2 rings (SSSR count). The van der Waals surface area contributed by atoms with Crippen LogP contribution in [0.25, 0.3) is 0 Å². The molecule has 0 radical (unpaired) electrons. The van der Waals surface area contributed by atoms with Gasteiger partial charge in [0.05, 0.1) is 4.90 Å². The maximum Gasteiger partial charge on any atom is 0.240 e. The summed E-state index contributed by atoms with van der Waals surface area (Å²) in [6, 6.07) is 6.34. The van der Waals surface area contributed by atoms with E-state index in [0.717, 1.165) is 4.47 Å². The molecule has 0 saturated carbocycles. The van der Waals surface area contributed by atoms with Crippen LogP contribution in [0.4, 0.5) is 0 Å². The van der Waals surface area contributed by atoms with Gasteiger partial charge in [0.15, 0.2) is 0 Å². The third-order valence-corrected chi connectivity index (χ3v) is 4.57. The molecule has 1 fully saturated rings. The highest BCUT2D eigenvalue weighted by Gasteiger charge is 2.35. The van der Waals surface area contributed by atoms with Crippen molar-refractivity contribution in [1.29, 1.82) is 0 Å². The average molecular weight is 321 g/mol. The molecule has 1 aliphatic rings. The van der Waals surface area contributed by atoms with Crippen molar-refractivity contribution in [3.63, 3.8) is 0 Å². The molecule has 1 aliphatic heterocycles. The fraction of sp³-hybridized carbons (Fsp3) is 0.400. The first-order valence-corrected chi connectivity index (χ1v) is 7.37. The molecule has 0 bridgehead atoms. The Bertz CT molecular complexity index is 497. The monoisotopic (exact) mass is 320 g/mol. The molecule has 1 aromatic carbocycles. The quantitative estimate of drug-likeness (QED) is 0.733. The van der Waals surface area contributed by atoms with Crippen molar-refractivity contribution in [2.45, 2.75) is 10.5 Å². The summed E-state index contributed by atoms with van der Waals surface area (Å²) in [6.45, 7) is 0.851. The Labute approximate surface area is 108 Å². The molecule has 17 heavy (non-hydrogen) atoms. The molecule has 0 unspecified atom stereocenters. The van der Waals surface area contributed by atoms with Gasteiger partial charge in [0.25, 0.3) is 0 Å². The molecule has 1 aromatic rings. The Hall–Kier alpha value is -0.470. The Balaban J connectivity index is 2.06. The maximum absolute atomic E-state index is 11.9. The predicted molar refractivity (Wildman–Crippen MR) is 67.2 cm³/mol. The van der Waals surface area contributed by atoms with Crippen molar-refractivity contribution >= 4 is 26.0 Å². The van der Waals surface area contributed by atoms with Crippen LogP contribution in [0.2, 0.25) is 0 Å². The summed E-state index contributed by atoms with van der Waals surface area (Å²) >= 11 is 3.24. The predicted octanol–water partition coefficient (Wildman–Crippen LogP) is 0.0617. The number of benzene rings is 1. The Morgan fingerprint density at radius 1 is 1.35 bits per heavy atom. The molecular weight excluding hydrogens is 308 g/mol. The number of aliphatic hydroxyl groups is 1. The van der Waals surface area contributed by atoms with Gasteiger partial charge in [-0.3, -0.25) is 0 Å². The summed E-state index contributed by atoms with van der Waals surface area (Å²) in [4.78, 5) is 0.191. The van der Waals surface area contributed by atoms with Gasteiger partial charge >= 0.3 is 0 Å². The van der Waals surface area contributed by atoms with Gasteiger partial charge in [-0.2, -0.15) is 0 Å². The lowest BCUT2D eigenvalue weighted by Crippen LogP contribution is -2.64. The Morgan fingerprint density at radius 2 is 1.94 bits per heavy atom. The third-order valence-electron chi connectivity index (χ3n) is 2.62. The van der Waals surface area contributed by atoms with Crippen LogP contribution in [0, 0.1) is 0 Å². The minimum atomic E-state index is -3.55. The summed E-state index contributed by atoms with van der Waals surface area (Å²) < 4.78 is 27.0. The zero-order valence-corrected chi connectivity index (χ0v) is 11.4. The van der Waals surface area contributed by atoms with E-state index in [4.69, 9.17) is 0 Å². The van der Waals surface area contributed by atoms with Gasteiger partial charge in [0, 0.05) is 24.1 Å². The standard InChI is InChI=1S/C10H13BrN2O3S/c11-8-1-3-9(4-2-8)17(15,16)13-7-10(14)5-12-6-10/h1-4,12-14H,5-7H2. The first-order chi connectivity index (χ1) is 7.91. The second-order valence-corrected chi connectivity index (χ2v) is 6.79. The van der Waals surface area contributed by atoms with Crippen LogP contribution in [0.5, 0.6) is 0 Å². The smallest absolute Gasteiger partial charge is 0.240 e. The molecular formula is C10H13BrN2O3S. The first-order valence-electron chi connectivity index (χ1n) is 5.10. The van der Waals surface area contributed by atoms with Crippen molar-refractivity contribution in [2.75, 3.05) is 19.6 Å². The minimum absolute atomic E-state index is 0.0262. The van der Waals surface area contributed by atoms with Crippen LogP contribution < -0.4 is 10.0 Å². The molecule has 0 aromatic heterocycles. The number of hydrogen-bond donors (Lipinski definition) is 3. The third kappa shape index (κ3) is 3.05. The van der Waals surface area contributed by atoms with Crippen LogP contribution in [0.15, 0.2) is 33.6 Å². The van der Waals surface area contributed by atoms with Gasteiger partial charge < -0.3 is 10.4 Å². The van der Waals surface area contributed by atoms with E-state index in [1.54, 1.807) is 12.1 Å².